The predicted octanol–water partition coefficient (Wildman–Crippen LogP) is 0.466. The Labute approximate surface area is 91.8 Å². The van der Waals surface area contributed by atoms with E-state index in [0.29, 0.717) is 38.0 Å². The number of nitrogens with two attached hydrogens (primary N) is 1. The molecule has 1 amide bonds. The molecule has 0 saturated carbocycles. The second kappa shape index (κ2) is 6.08. The molecule has 0 spiro atoms. The van der Waals surface area contributed by atoms with Gasteiger partial charge in [0.15, 0.2) is 0 Å². The average Bonchev–Trinajstić information content (AvgIpc) is 2.54. The van der Waals surface area contributed by atoms with Gasteiger partial charge in [-0.3, -0.25) is 4.79 Å². The van der Waals surface area contributed by atoms with Crippen LogP contribution in [-0.4, -0.2) is 43.7 Å². The van der Waals surface area contributed by atoms with Crippen molar-refractivity contribution in [2.75, 3.05) is 32.8 Å². The van der Waals surface area contributed by atoms with E-state index in [1.54, 1.807) is 0 Å². The topological polar surface area (TPSA) is 55.6 Å². The molecule has 0 aromatic carbocycles. The number of ether oxygens (including phenoxy) is 1. The number of rotatable bonds is 6. The number of carbonyl (C=O) groups is 1. The van der Waals surface area contributed by atoms with Crippen molar-refractivity contribution in [3.05, 3.63) is 0 Å². The van der Waals surface area contributed by atoms with Crippen molar-refractivity contribution in [1.82, 2.24) is 4.90 Å². The molecule has 1 atom stereocenters. The van der Waals surface area contributed by atoms with Crippen molar-refractivity contribution < 1.29 is 9.53 Å². The number of hydrogen-bond acceptors (Lipinski definition) is 3. The summed E-state index contributed by atoms with van der Waals surface area (Å²) in [5, 5.41) is 0. The molecule has 0 radical (unpaired) electrons. The lowest BCUT2D eigenvalue weighted by Crippen LogP contribution is -2.30. The smallest absolute Gasteiger partial charge is 0.223 e. The maximum absolute atomic E-state index is 11.5. The minimum Gasteiger partial charge on any atom is -0.379 e. The lowest BCUT2D eigenvalue weighted by Gasteiger charge is -2.16. The molecule has 4 heteroatoms. The van der Waals surface area contributed by atoms with Crippen LogP contribution >= 0.6 is 0 Å². The van der Waals surface area contributed by atoms with Gasteiger partial charge in [0, 0.05) is 26.1 Å². The molecule has 2 N–H and O–H groups in total. The largest absolute Gasteiger partial charge is 0.379 e. The van der Waals surface area contributed by atoms with Crippen molar-refractivity contribution >= 4 is 5.91 Å². The highest BCUT2D eigenvalue weighted by Gasteiger charge is 2.27. The second-order valence-electron chi connectivity index (χ2n) is 4.61. The molecule has 0 aromatic rings. The molecule has 1 rings (SSSR count). The summed E-state index contributed by atoms with van der Waals surface area (Å²) in [5.41, 5.74) is 5.54. The first kappa shape index (κ1) is 12.5. The Kier molecular flexibility index (Phi) is 5.05. The van der Waals surface area contributed by atoms with E-state index in [9.17, 15) is 4.79 Å². The van der Waals surface area contributed by atoms with Crippen LogP contribution in [0.25, 0.3) is 0 Å². The molecular weight excluding hydrogens is 192 g/mol. The van der Waals surface area contributed by atoms with Gasteiger partial charge in [-0.25, -0.2) is 0 Å². The standard InChI is InChI=1S/C11H22N2O2/c1-9(2)8-15-4-3-13-7-10(6-12)5-11(13)14/h9-10H,3-8,12H2,1-2H3. The van der Waals surface area contributed by atoms with Gasteiger partial charge >= 0.3 is 0 Å². The normalized spacial score (nSPS) is 21.7. The average molecular weight is 214 g/mol. The summed E-state index contributed by atoms with van der Waals surface area (Å²) in [6.07, 6.45) is 0.612. The van der Waals surface area contributed by atoms with E-state index in [-0.39, 0.29) is 5.91 Å². The van der Waals surface area contributed by atoms with Gasteiger partial charge in [0.2, 0.25) is 5.91 Å². The van der Waals surface area contributed by atoms with Crippen LogP contribution in [0.5, 0.6) is 0 Å². The Balaban J connectivity index is 2.14. The molecular formula is C11H22N2O2. The van der Waals surface area contributed by atoms with Crippen molar-refractivity contribution in [3.8, 4) is 0 Å². The molecule has 1 unspecified atom stereocenters. The first-order chi connectivity index (χ1) is 7.13. The highest BCUT2D eigenvalue weighted by Crippen LogP contribution is 2.15. The highest BCUT2D eigenvalue weighted by molar-refractivity contribution is 5.78. The van der Waals surface area contributed by atoms with Crippen LogP contribution in [0.3, 0.4) is 0 Å². The van der Waals surface area contributed by atoms with Gasteiger partial charge in [-0.15, -0.1) is 0 Å². The van der Waals surface area contributed by atoms with Gasteiger partial charge in [-0.05, 0) is 18.4 Å². The number of nitrogens with zero attached hydrogens (tertiary/aromatic N) is 1. The Morgan fingerprint density at radius 1 is 1.60 bits per heavy atom. The molecule has 1 fully saturated rings. The third-order valence-electron chi connectivity index (χ3n) is 2.58. The lowest BCUT2D eigenvalue weighted by atomic mass is 10.1. The second-order valence-corrected chi connectivity index (χ2v) is 4.61. The first-order valence-electron chi connectivity index (χ1n) is 5.69. The fourth-order valence-corrected chi connectivity index (χ4v) is 1.72. The van der Waals surface area contributed by atoms with Crippen LogP contribution in [0.1, 0.15) is 20.3 Å². The maximum atomic E-state index is 11.5. The Morgan fingerprint density at radius 3 is 2.87 bits per heavy atom. The molecule has 0 aliphatic carbocycles. The van der Waals surface area contributed by atoms with Crippen LogP contribution in [0.15, 0.2) is 0 Å². The third kappa shape index (κ3) is 4.18. The van der Waals surface area contributed by atoms with Gasteiger partial charge in [-0.1, -0.05) is 13.8 Å². The fraction of sp³-hybridized carbons (Fsp3) is 0.909. The van der Waals surface area contributed by atoms with Crippen LogP contribution in [-0.2, 0) is 9.53 Å². The lowest BCUT2D eigenvalue weighted by molar-refractivity contribution is -0.128. The first-order valence-corrected chi connectivity index (χ1v) is 5.69. The minimum atomic E-state index is 0.221. The summed E-state index contributed by atoms with van der Waals surface area (Å²) >= 11 is 0. The van der Waals surface area contributed by atoms with Crippen molar-refractivity contribution in [2.45, 2.75) is 20.3 Å². The van der Waals surface area contributed by atoms with E-state index in [1.165, 1.54) is 0 Å². The van der Waals surface area contributed by atoms with E-state index in [4.69, 9.17) is 10.5 Å². The van der Waals surface area contributed by atoms with E-state index in [0.717, 1.165) is 13.2 Å². The highest BCUT2D eigenvalue weighted by atomic mass is 16.5. The molecule has 1 heterocycles. The zero-order valence-corrected chi connectivity index (χ0v) is 9.74. The van der Waals surface area contributed by atoms with Crippen LogP contribution < -0.4 is 5.73 Å². The maximum Gasteiger partial charge on any atom is 0.223 e. The van der Waals surface area contributed by atoms with Gasteiger partial charge < -0.3 is 15.4 Å². The van der Waals surface area contributed by atoms with Gasteiger partial charge in [-0.2, -0.15) is 0 Å². The SMILES string of the molecule is CC(C)COCCN1CC(CN)CC1=O. The molecule has 0 bridgehead atoms. The van der Waals surface area contributed by atoms with E-state index < -0.39 is 0 Å². The quantitative estimate of drug-likeness (QED) is 0.654. The molecule has 0 aromatic heterocycles. The fourth-order valence-electron chi connectivity index (χ4n) is 1.72. The van der Waals surface area contributed by atoms with Crippen molar-refractivity contribution in [1.29, 1.82) is 0 Å². The number of carbonyl (C=O) groups excluding carboxylic acids is 1. The number of amides is 1. The Hall–Kier alpha value is -0.610. The molecule has 4 nitrogen and oxygen atoms in total. The van der Waals surface area contributed by atoms with Crippen molar-refractivity contribution in [2.24, 2.45) is 17.6 Å². The Morgan fingerprint density at radius 2 is 2.33 bits per heavy atom. The van der Waals surface area contributed by atoms with Crippen LogP contribution in [0.4, 0.5) is 0 Å². The molecule has 1 saturated heterocycles. The van der Waals surface area contributed by atoms with E-state index >= 15 is 0 Å². The predicted molar refractivity (Wildman–Crippen MR) is 59.4 cm³/mol. The molecule has 15 heavy (non-hydrogen) atoms. The summed E-state index contributed by atoms with van der Waals surface area (Å²) in [7, 11) is 0. The third-order valence-corrected chi connectivity index (χ3v) is 2.58. The summed E-state index contributed by atoms with van der Waals surface area (Å²) in [5.74, 6) is 1.12. The summed E-state index contributed by atoms with van der Waals surface area (Å²) in [6.45, 7) is 7.76. The van der Waals surface area contributed by atoms with Gasteiger partial charge in [0.05, 0.1) is 6.61 Å². The Bertz CT molecular complexity index is 207. The number of hydrogen-bond donors (Lipinski definition) is 1. The zero-order chi connectivity index (χ0) is 11.3. The monoisotopic (exact) mass is 214 g/mol. The molecule has 88 valence electrons. The van der Waals surface area contributed by atoms with Crippen LogP contribution in [0.2, 0.25) is 0 Å². The molecule has 1 aliphatic heterocycles. The summed E-state index contributed by atoms with van der Waals surface area (Å²) in [4.78, 5) is 13.3. The summed E-state index contributed by atoms with van der Waals surface area (Å²) in [6, 6.07) is 0. The number of likely N-dealkylation sites (tertiary alicyclic amines) is 1. The van der Waals surface area contributed by atoms with E-state index in [1.807, 2.05) is 4.90 Å². The minimum absolute atomic E-state index is 0.221. The van der Waals surface area contributed by atoms with Crippen molar-refractivity contribution in [3.63, 3.8) is 0 Å². The molecule has 1 aliphatic rings. The summed E-state index contributed by atoms with van der Waals surface area (Å²) < 4.78 is 5.45. The van der Waals surface area contributed by atoms with Gasteiger partial charge in [0.1, 0.15) is 0 Å². The van der Waals surface area contributed by atoms with Crippen LogP contribution in [0, 0.1) is 11.8 Å². The zero-order valence-electron chi connectivity index (χ0n) is 9.74. The van der Waals surface area contributed by atoms with Gasteiger partial charge in [0.25, 0.3) is 0 Å². The van der Waals surface area contributed by atoms with E-state index in [2.05, 4.69) is 13.8 Å².